The Morgan fingerprint density at radius 1 is 1.10 bits per heavy atom. The Bertz CT molecular complexity index is 2040. The quantitative estimate of drug-likeness (QED) is 0.262. The number of carbonyl (C=O) groups is 1. The molecule has 0 spiro atoms. The number of hydrogen-bond donors (Lipinski definition) is 2. The van der Waals surface area contributed by atoms with E-state index in [1.165, 1.54) is 42.3 Å². The van der Waals surface area contributed by atoms with Crippen molar-refractivity contribution in [1.82, 2.24) is 24.5 Å². The second kappa shape index (κ2) is 10.4. The lowest BCUT2D eigenvalue weighted by molar-refractivity contribution is -0.137. The number of halogens is 3. The molecule has 0 saturated heterocycles. The van der Waals surface area contributed by atoms with Gasteiger partial charge in [-0.3, -0.25) is 9.78 Å². The number of pyridine rings is 1. The third-order valence-corrected chi connectivity index (χ3v) is 5.36. The van der Waals surface area contributed by atoms with E-state index in [9.17, 15) is 18.0 Å². The predicted molar refractivity (Wildman–Crippen MR) is 141 cm³/mol. The fraction of sp³-hybridized carbons (Fsp3) is 0.107. The van der Waals surface area contributed by atoms with Crippen molar-refractivity contribution in [1.29, 1.82) is 0 Å². The monoisotopic (exact) mass is 536 g/mol. The van der Waals surface area contributed by atoms with Crippen LogP contribution in [0, 0.1) is 13.8 Å². The number of alkyl halides is 3. The van der Waals surface area contributed by atoms with Crippen LogP contribution in [0.5, 0.6) is 0 Å². The lowest BCUT2D eigenvalue weighted by Crippen LogP contribution is -2.14. The molecular weight excluding hydrogens is 507 g/mol. The molecule has 0 saturated carbocycles. The average Bonchev–Trinajstić information content (AvgIpc) is 3.43. The van der Waals surface area contributed by atoms with Gasteiger partial charge in [0.05, 0.1) is 32.9 Å². The Kier molecular flexibility index (Phi) is 4.85. The first-order valence-electron chi connectivity index (χ1n) is 14.8. The summed E-state index contributed by atoms with van der Waals surface area (Å²) in [5, 5.41) is 5.05. The minimum atomic E-state index is -4.76. The van der Waals surface area contributed by atoms with Gasteiger partial charge in [-0.05, 0) is 67.8 Å². The summed E-state index contributed by atoms with van der Waals surface area (Å²) in [5.41, 5.74) is -1.61. The standard InChI is InChI=1S/C28H22F3N7O/c1-17-5-6-19(10-25(17)37-27-33-9-7-24(36-27)20-4-3-8-32-14-20)26(39)35-22-11-21(28(29,30)31)12-23(13-22)38-15-18(2)34-16-38/h3-16H,1-2H3,(H,35,39)(H,33,36,37)/i3D,4D,5D,6D,8D,10D,14D. The van der Waals surface area contributed by atoms with E-state index >= 15 is 0 Å². The van der Waals surface area contributed by atoms with Crippen LogP contribution >= 0.6 is 0 Å². The molecule has 39 heavy (non-hydrogen) atoms. The first-order valence-corrected chi connectivity index (χ1v) is 11.3. The number of nitrogens with zero attached hydrogens (tertiary/aromatic N) is 5. The summed E-state index contributed by atoms with van der Waals surface area (Å²) >= 11 is 0. The van der Waals surface area contributed by atoms with Gasteiger partial charge in [0, 0.05) is 52.9 Å². The molecule has 0 fully saturated rings. The number of aromatic nitrogens is 5. The van der Waals surface area contributed by atoms with Crippen molar-refractivity contribution in [2.75, 3.05) is 10.6 Å². The molecule has 8 nitrogen and oxygen atoms in total. The van der Waals surface area contributed by atoms with Crippen LogP contribution in [0.25, 0.3) is 16.9 Å². The molecule has 3 heterocycles. The minimum absolute atomic E-state index is 0.00713. The number of aryl methyl sites for hydroxylation is 1. The summed E-state index contributed by atoms with van der Waals surface area (Å²) in [6.07, 6.45) is -1.73. The van der Waals surface area contributed by atoms with Crippen molar-refractivity contribution in [3.63, 3.8) is 0 Å². The van der Waals surface area contributed by atoms with E-state index in [-0.39, 0.29) is 39.8 Å². The third kappa shape index (κ3) is 5.93. The van der Waals surface area contributed by atoms with Gasteiger partial charge in [0.15, 0.2) is 0 Å². The number of benzene rings is 2. The lowest BCUT2D eigenvalue weighted by atomic mass is 10.1. The Balaban J connectivity index is 1.53. The highest BCUT2D eigenvalue weighted by Crippen LogP contribution is 2.33. The molecule has 0 atom stereocenters. The van der Waals surface area contributed by atoms with Crippen LogP contribution < -0.4 is 10.6 Å². The summed E-state index contributed by atoms with van der Waals surface area (Å²) in [4.78, 5) is 29.4. The maximum absolute atomic E-state index is 13.7. The van der Waals surface area contributed by atoms with Crippen LogP contribution in [0.2, 0.25) is 0 Å². The van der Waals surface area contributed by atoms with Crippen LogP contribution in [0.1, 0.15) is 36.8 Å². The van der Waals surface area contributed by atoms with Crippen molar-refractivity contribution in [3.8, 4) is 16.9 Å². The zero-order valence-corrected chi connectivity index (χ0v) is 20.3. The van der Waals surface area contributed by atoms with E-state index in [4.69, 9.17) is 9.60 Å². The molecule has 5 rings (SSSR count). The third-order valence-electron chi connectivity index (χ3n) is 5.36. The Labute approximate surface area is 231 Å². The number of anilines is 3. The highest BCUT2D eigenvalue weighted by molar-refractivity contribution is 6.05. The minimum Gasteiger partial charge on any atom is -0.324 e. The van der Waals surface area contributed by atoms with Gasteiger partial charge < -0.3 is 15.2 Å². The zero-order chi connectivity index (χ0) is 33.7. The van der Waals surface area contributed by atoms with Gasteiger partial charge in [0.2, 0.25) is 5.95 Å². The summed E-state index contributed by atoms with van der Waals surface area (Å²) in [6, 6.07) is 1.55. The van der Waals surface area contributed by atoms with Gasteiger partial charge in [-0.1, -0.05) is 6.04 Å². The molecule has 0 aliphatic carbocycles. The number of rotatable bonds is 6. The van der Waals surface area contributed by atoms with Gasteiger partial charge in [-0.2, -0.15) is 13.2 Å². The van der Waals surface area contributed by atoms with Crippen molar-refractivity contribution >= 4 is 23.2 Å². The predicted octanol–water partition coefficient (Wildman–Crippen LogP) is 6.36. The second-order valence-corrected chi connectivity index (χ2v) is 8.24. The summed E-state index contributed by atoms with van der Waals surface area (Å²) in [7, 11) is 0. The fourth-order valence-corrected chi connectivity index (χ4v) is 3.48. The van der Waals surface area contributed by atoms with E-state index in [0.717, 1.165) is 6.07 Å². The molecule has 11 heteroatoms. The topological polar surface area (TPSA) is 97.6 Å². The number of carbonyl (C=O) groups excluding carboxylic acids is 1. The molecule has 3 aromatic heterocycles. The van der Waals surface area contributed by atoms with Crippen molar-refractivity contribution in [2.45, 2.75) is 20.0 Å². The lowest BCUT2D eigenvalue weighted by Gasteiger charge is -2.14. The molecular formula is C28H22F3N7O. The number of amides is 1. The van der Waals surface area contributed by atoms with Gasteiger partial charge in [-0.15, -0.1) is 0 Å². The largest absolute Gasteiger partial charge is 0.416 e. The van der Waals surface area contributed by atoms with Gasteiger partial charge in [0.25, 0.3) is 5.91 Å². The molecule has 5 aromatic rings. The first kappa shape index (κ1) is 18.2. The van der Waals surface area contributed by atoms with Gasteiger partial charge in [0.1, 0.15) is 0 Å². The van der Waals surface area contributed by atoms with E-state index in [0.29, 0.717) is 11.8 Å². The summed E-state index contributed by atoms with van der Waals surface area (Å²) < 4.78 is 99.9. The van der Waals surface area contributed by atoms with Gasteiger partial charge >= 0.3 is 6.18 Å². The Morgan fingerprint density at radius 3 is 2.72 bits per heavy atom. The van der Waals surface area contributed by atoms with E-state index in [1.807, 2.05) is 0 Å². The SMILES string of the molecule is [2H]c1nc([2H])c(-c2ccnc(Nc3c([2H])c(C(=O)Nc4cc(-n5cnc(C)c5)cc(C(F)(F)F)c4)c([2H])c([2H])c3C)n2)c([2H])c1[2H]. The van der Waals surface area contributed by atoms with Crippen molar-refractivity contribution < 1.29 is 27.6 Å². The Morgan fingerprint density at radius 2 is 1.95 bits per heavy atom. The molecule has 0 aliphatic heterocycles. The fourth-order valence-electron chi connectivity index (χ4n) is 3.48. The van der Waals surface area contributed by atoms with E-state index in [2.05, 4.69) is 30.6 Å². The normalized spacial score (nSPS) is 13.8. The van der Waals surface area contributed by atoms with Crippen LogP contribution in [-0.2, 0) is 6.18 Å². The molecule has 2 aromatic carbocycles. The Hall–Kier alpha value is -5.06. The van der Waals surface area contributed by atoms with Crippen molar-refractivity contribution in [3.05, 3.63) is 108 Å². The number of hydrogen-bond acceptors (Lipinski definition) is 6. The summed E-state index contributed by atoms with van der Waals surface area (Å²) in [6.45, 7) is 3.06. The zero-order valence-electron chi connectivity index (χ0n) is 27.3. The van der Waals surface area contributed by atoms with Crippen LogP contribution in [0.4, 0.5) is 30.5 Å². The average molecular weight is 537 g/mol. The summed E-state index contributed by atoms with van der Waals surface area (Å²) in [5.74, 6) is -1.31. The molecule has 0 unspecified atom stereocenters. The second-order valence-electron chi connectivity index (χ2n) is 8.24. The first-order chi connectivity index (χ1) is 21.6. The molecule has 0 radical (unpaired) electrons. The van der Waals surface area contributed by atoms with Crippen LogP contribution in [0.3, 0.4) is 0 Å². The molecule has 1 amide bonds. The van der Waals surface area contributed by atoms with Gasteiger partial charge in [-0.25, -0.2) is 15.0 Å². The highest BCUT2D eigenvalue weighted by atomic mass is 19.4. The van der Waals surface area contributed by atoms with Crippen molar-refractivity contribution in [2.24, 2.45) is 0 Å². The number of nitrogens with one attached hydrogen (secondary N) is 2. The maximum Gasteiger partial charge on any atom is 0.416 e. The van der Waals surface area contributed by atoms with Crippen LogP contribution in [0.15, 0.2) is 85.5 Å². The molecule has 0 bridgehead atoms. The maximum atomic E-state index is 13.7. The van der Waals surface area contributed by atoms with E-state index in [1.54, 1.807) is 6.92 Å². The smallest absolute Gasteiger partial charge is 0.324 e. The van der Waals surface area contributed by atoms with E-state index < -0.39 is 65.8 Å². The molecule has 0 aliphatic rings. The van der Waals surface area contributed by atoms with Crippen LogP contribution in [-0.4, -0.2) is 30.4 Å². The molecule has 2 N–H and O–H groups in total. The molecule has 196 valence electrons. The highest BCUT2D eigenvalue weighted by Gasteiger charge is 2.31. The number of imidazole rings is 1.